The van der Waals surface area contributed by atoms with Gasteiger partial charge in [0.25, 0.3) is 30.4 Å². The quantitative estimate of drug-likeness (QED) is 0.0373. The molecule has 0 saturated heterocycles. The number of rotatable bonds is 26. The van der Waals surface area contributed by atoms with Gasteiger partial charge in [0.1, 0.15) is 6.54 Å². The van der Waals surface area contributed by atoms with Gasteiger partial charge in [-0.1, -0.05) is 18.2 Å². The average molecular weight is 961 g/mol. The fourth-order valence-electron chi connectivity index (χ4n) is 8.24. The van der Waals surface area contributed by atoms with E-state index in [1.54, 1.807) is 42.5 Å². The Morgan fingerprint density at radius 3 is 1.98 bits per heavy atom. The summed E-state index contributed by atoms with van der Waals surface area (Å²) in [6.45, 7) is 4.82. The van der Waals surface area contributed by atoms with Crippen LogP contribution in [0.25, 0.3) is 0 Å². The molecule has 0 aliphatic carbocycles. The lowest BCUT2D eigenvalue weighted by Gasteiger charge is -2.30. The highest BCUT2D eigenvalue weighted by molar-refractivity contribution is 7.89. The average Bonchev–Trinajstić information content (AvgIpc) is 3.54. The molecule has 2 aliphatic rings. The number of aliphatic carboxylic acids is 1. The summed E-state index contributed by atoms with van der Waals surface area (Å²) in [7, 11) is -14.3. The highest BCUT2D eigenvalue weighted by Crippen LogP contribution is 2.51. The van der Waals surface area contributed by atoms with Crippen molar-refractivity contribution in [3.05, 3.63) is 83.6 Å². The largest absolute Gasteiger partial charge is 0.481 e. The van der Waals surface area contributed by atoms with E-state index in [0.717, 1.165) is 0 Å². The fourth-order valence-corrected chi connectivity index (χ4v) is 10.8. The Kier molecular flexibility index (Phi) is 17.6. The molecule has 63 heavy (non-hydrogen) atoms. The van der Waals surface area contributed by atoms with Crippen molar-refractivity contribution in [2.24, 2.45) is 0 Å². The molecule has 0 radical (unpaired) electrons. The highest BCUT2D eigenvalue weighted by atomic mass is 32.2. The number of nitrogens with one attached hydrogen (secondary N) is 1. The molecule has 4 rings (SSSR count). The Morgan fingerprint density at radius 1 is 0.762 bits per heavy atom. The topological polar surface area (TPSA) is 271 Å². The minimum atomic E-state index is -4.61. The SMILES string of the molecule is COCCNS(=O)(=O)c1ccc2c(c1)C(C)(CCCS(=O)(=O)O)C(C=CC=CC=C1N(CCOC)c3ccc(S(=O)(=O)O)cc3C1(C)CCCS(=O)(=O)O)=[N+]2CCCCCC(=O)O. The molecule has 22 heteroatoms. The van der Waals surface area contributed by atoms with Gasteiger partial charge in [0.2, 0.25) is 15.7 Å². The molecule has 0 amide bonds. The van der Waals surface area contributed by atoms with Crippen LogP contribution in [0.2, 0.25) is 0 Å². The van der Waals surface area contributed by atoms with Crippen LogP contribution in [-0.4, -0.2) is 127 Å². The third-order valence-corrected chi connectivity index (χ3v) is 15.2. The summed E-state index contributed by atoms with van der Waals surface area (Å²) < 4.78 is 142. The predicted octanol–water partition coefficient (Wildman–Crippen LogP) is 4.62. The summed E-state index contributed by atoms with van der Waals surface area (Å²) >= 11 is 0. The van der Waals surface area contributed by atoms with Crippen molar-refractivity contribution < 1.29 is 71.3 Å². The van der Waals surface area contributed by atoms with Gasteiger partial charge in [-0.25, -0.2) is 13.1 Å². The van der Waals surface area contributed by atoms with E-state index in [0.29, 0.717) is 66.3 Å². The number of benzene rings is 2. The van der Waals surface area contributed by atoms with Crippen LogP contribution in [0.5, 0.6) is 0 Å². The normalized spacial score (nSPS) is 20.1. The lowest BCUT2D eigenvalue weighted by molar-refractivity contribution is -0.438. The zero-order chi connectivity index (χ0) is 46.9. The van der Waals surface area contributed by atoms with E-state index < -0.39 is 68.7 Å². The zero-order valence-corrected chi connectivity index (χ0v) is 39.0. The third-order valence-electron chi connectivity index (χ3n) is 11.3. The first kappa shape index (κ1) is 51.8. The zero-order valence-electron chi connectivity index (χ0n) is 35.8. The summed E-state index contributed by atoms with van der Waals surface area (Å²) in [6.07, 6.45) is 10.8. The maximum absolute atomic E-state index is 13.4. The van der Waals surface area contributed by atoms with Gasteiger partial charge >= 0.3 is 5.97 Å². The number of nitrogens with zero attached hydrogens (tertiary/aromatic N) is 2. The lowest BCUT2D eigenvalue weighted by atomic mass is 9.76. The number of allylic oxidation sites excluding steroid dienone is 6. The lowest BCUT2D eigenvalue weighted by Crippen LogP contribution is -2.32. The summed E-state index contributed by atoms with van der Waals surface area (Å²) in [5, 5.41) is 9.18. The van der Waals surface area contributed by atoms with Gasteiger partial charge in [0.15, 0.2) is 5.71 Å². The summed E-state index contributed by atoms with van der Waals surface area (Å²) in [5.41, 5.74) is 1.73. The molecule has 18 nitrogen and oxygen atoms in total. The van der Waals surface area contributed by atoms with Crippen LogP contribution in [0.3, 0.4) is 0 Å². The molecule has 2 heterocycles. The van der Waals surface area contributed by atoms with Crippen LogP contribution >= 0.6 is 0 Å². The third kappa shape index (κ3) is 13.6. The number of carboxylic acid groups (broad SMARTS) is 1. The van der Waals surface area contributed by atoms with E-state index in [-0.39, 0.29) is 61.7 Å². The van der Waals surface area contributed by atoms with Crippen molar-refractivity contribution in [2.45, 2.75) is 85.8 Å². The van der Waals surface area contributed by atoms with Crippen LogP contribution in [0, 0.1) is 0 Å². The van der Waals surface area contributed by atoms with Crippen LogP contribution in [0.1, 0.15) is 76.3 Å². The molecule has 2 aromatic rings. The van der Waals surface area contributed by atoms with Crippen LogP contribution < -0.4 is 9.62 Å². The Balaban J connectivity index is 1.84. The highest BCUT2D eigenvalue weighted by Gasteiger charge is 2.48. The van der Waals surface area contributed by atoms with Gasteiger partial charge < -0.3 is 19.5 Å². The molecular formula is C41H58N3O15S4+. The number of unbranched alkanes of at least 4 members (excludes halogenated alkanes) is 2. The first-order valence-corrected chi connectivity index (χ1v) is 26.4. The van der Waals surface area contributed by atoms with Gasteiger partial charge in [-0.15, -0.1) is 0 Å². The molecule has 2 atom stereocenters. The first-order chi connectivity index (χ1) is 29.4. The molecule has 0 bridgehead atoms. The molecule has 350 valence electrons. The first-order valence-electron chi connectivity index (χ1n) is 20.2. The van der Waals surface area contributed by atoms with Crippen LogP contribution in [-0.2, 0) is 65.5 Å². The van der Waals surface area contributed by atoms with Crippen molar-refractivity contribution in [2.75, 3.05) is 63.5 Å². The second kappa shape index (κ2) is 21.4. The van der Waals surface area contributed by atoms with Crippen molar-refractivity contribution >= 4 is 63.4 Å². The molecule has 0 aromatic heterocycles. The van der Waals surface area contributed by atoms with Gasteiger partial charge in [0.05, 0.1) is 39.9 Å². The van der Waals surface area contributed by atoms with Gasteiger partial charge in [0, 0.05) is 74.7 Å². The summed E-state index contributed by atoms with van der Waals surface area (Å²) in [6, 6.07) is 8.89. The maximum Gasteiger partial charge on any atom is 0.303 e. The number of carboxylic acids is 1. The summed E-state index contributed by atoms with van der Waals surface area (Å²) in [4.78, 5) is 12.7. The minimum Gasteiger partial charge on any atom is -0.481 e. The van der Waals surface area contributed by atoms with Gasteiger partial charge in [-0.05, 0) is 94.3 Å². The van der Waals surface area contributed by atoms with E-state index in [4.69, 9.17) is 9.47 Å². The number of methoxy groups -OCH3 is 2. The van der Waals surface area contributed by atoms with Crippen molar-refractivity contribution in [3.8, 4) is 0 Å². The number of hydrogen-bond donors (Lipinski definition) is 5. The number of carbonyl (C=O) groups is 1. The molecule has 2 aliphatic heterocycles. The molecule has 2 aromatic carbocycles. The smallest absolute Gasteiger partial charge is 0.303 e. The van der Waals surface area contributed by atoms with Crippen molar-refractivity contribution in [1.82, 2.24) is 4.72 Å². The molecule has 0 spiro atoms. The van der Waals surface area contributed by atoms with Gasteiger partial charge in [-0.3, -0.25) is 18.5 Å². The van der Waals surface area contributed by atoms with Gasteiger partial charge in [-0.2, -0.15) is 29.8 Å². The van der Waals surface area contributed by atoms with Crippen LogP contribution in [0.15, 0.2) is 82.3 Å². The van der Waals surface area contributed by atoms with E-state index in [2.05, 4.69) is 4.72 Å². The Labute approximate surface area is 370 Å². The number of ether oxygens (including phenoxy) is 2. The molecule has 5 N–H and O–H groups in total. The Morgan fingerprint density at radius 2 is 1.38 bits per heavy atom. The second-order valence-electron chi connectivity index (χ2n) is 15.8. The number of hydrogen-bond acceptors (Lipinski definition) is 12. The van der Waals surface area contributed by atoms with E-state index in [1.807, 2.05) is 29.4 Å². The summed E-state index contributed by atoms with van der Waals surface area (Å²) in [5.74, 6) is -2.00. The standard InChI is InChI=1S/C41H57N3O15S4/c1-40(20-11-27-60(47,48)49)33-29-31(62(53,54)42-22-25-58-3)16-18-35(33)43(23-10-6-9-15-39(45)46)37(40)13-7-5-8-14-38-41(2,21-12-28-61(50,51)52)34-30-32(63(55,56)57)17-19-36(34)44(38)24-26-59-4/h5,7-8,13-14,16-19,29-30,42H,6,9-12,15,20-28H2,1-4H3,(H3-,45,46,47,48,49,50,51,52,55,56,57)/p+1. The molecular weight excluding hydrogens is 903 g/mol. The maximum atomic E-state index is 13.4. The number of sulfonamides is 1. The number of anilines is 1. The van der Waals surface area contributed by atoms with E-state index >= 15 is 0 Å². The minimum absolute atomic E-state index is 0.00669. The fraction of sp³-hybridized carbons (Fsp3) is 0.512. The number of fused-ring (bicyclic) bond motifs is 2. The Hall–Kier alpha value is -3.84. The van der Waals surface area contributed by atoms with E-state index in [9.17, 15) is 57.2 Å². The monoisotopic (exact) mass is 960 g/mol. The van der Waals surface area contributed by atoms with Crippen molar-refractivity contribution in [3.63, 3.8) is 0 Å². The predicted molar refractivity (Wildman–Crippen MR) is 237 cm³/mol. The molecule has 0 fully saturated rings. The van der Waals surface area contributed by atoms with Crippen molar-refractivity contribution in [1.29, 1.82) is 0 Å². The molecule has 2 unspecified atom stereocenters. The Bertz CT molecular complexity index is 2570. The van der Waals surface area contributed by atoms with E-state index in [1.165, 1.54) is 32.4 Å². The molecule has 0 saturated carbocycles. The second-order valence-corrected chi connectivity index (χ2v) is 22.2. The van der Waals surface area contributed by atoms with Crippen LogP contribution in [0.4, 0.5) is 11.4 Å².